The monoisotopic (exact) mass is 217 g/mol. The van der Waals surface area contributed by atoms with Crippen LogP contribution in [-0.4, -0.2) is 11.7 Å². The van der Waals surface area contributed by atoms with Gasteiger partial charge in [-0.25, -0.2) is 0 Å². The second-order valence-corrected chi connectivity index (χ2v) is 3.61. The first-order valence-electron chi connectivity index (χ1n) is 5.31. The van der Waals surface area contributed by atoms with Crippen molar-refractivity contribution in [1.82, 2.24) is 5.32 Å². The van der Waals surface area contributed by atoms with E-state index in [1.807, 2.05) is 42.5 Å². The van der Waals surface area contributed by atoms with Gasteiger partial charge in [0.2, 0.25) is 0 Å². The van der Waals surface area contributed by atoms with Crippen molar-refractivity contribution in [2.45, 2.75) is 12.6 Å². The number of aliphatic hydroxyl groups is 1. The van der Waals surface area contributed by atoms with Crippen molar-refractivity contribution in [2.24, 2.45) is 0 Å². The number of furan rings is 1. The van der Waals surface area contributed by atoms with Gasteiger partial charge in [-0.05, 0) is 17.7 Å². The van der Waals surface area contributed by atoms with Gasteiger partial charge in [0.1, 0.15) is 5.76 Å². The number of nitrogens with one attached hydrogen (secondary N) is 1. The maximum atomic E-state index is 9.31. The van der Waals surface area contributed by atoms with Gasteiger partial charge in [-0.1, -0.05) is 30.3 Å². The van der Waals surface area contributed by atoms with E-state index in [2.05, 4.69) is 5.32 Å². The molecule has 1 aromatic heterocycles. The lowest BCUT2D eigenvalue weighted by Crippen LogP contribution is -2.23. The Hall–Kier alpha value is -1.58. The van der Waals surface area contributed by atoms with Gasteiger partial charge < -0.3 is 14.8 Å². The smallest absolute Gasteiger partial charge is 0.117 e. The fraction of sp³-hybridized carbons (Fsp3) is 0.231. The average Bonchev–Trinajstić information content (AvgIpc) is 2.84. The quantitative estimate of drug-likeness (QED) is 0.806. The maximum Gasteiger partial charge on any atom is 0.117 e. The normalized spacial score (nSPS) is 12.6. The lowest BCUT2D eigenvalue weighted by molar-refractivity contribution is 0.241. The summed E-state index contributed by atoms with van der Waals surface area (Å²) >= 11 is 0. The van der Waals surface area contributed by atoms with Gasteiger partial charge in [0.05, 0.1) is 25.5 Å². The predicted octanol–water partition coefficient (Wildman–Crippen LogP) is 2.10. The fourth-order valence-electron chi connectivity index (χ4n) is 1.61. The third kappa shape index (κ3) is 2.72. The van der Waals surface area contributed by atoms with E-state index < -0.39 is 0 Å². The zero-order chi connectivity index (χ0) is 11.2. The van der Waals surface area contributed by atoms with Crippen molar-refractivity contribution < 1.29 is 9.52 Å². The van der Waals surface area contributed by atoms with E-state index in [0.29, 0.717) is 6.54 Å². The molecule has 2 aromatic rings. The van der Waals surface area contributed by atoms with Crippen LogP contribution < -0.4 is 5.32 Å². The third-order valence-corrected chi connectivity index (χ3v) is 2.49. The van der Waals surface area contributed by atoms with Crippen molar-refractivity contribution in [1.29, 1.82) is 0 Å². The van der Waals surface area contributed by atoms with Gasteiger partial charge in [0.25, 0.3) is 0 Å². The SMILES string of the molecule is OC[C@@H](NCc1ccco1)c1ccccc1. The summed E-state index contributed by atoms with van der Waals surface area (Å²) in [7, 11) is 0. The van der Waals surface area contributed by atoms with Crippen LogP contribution in [0.4, 0.5) is 0 Å². The van der Waals surface area contributed by atoms with E-state index in [-0.39, 0.29) is 12.6 Å². The Morgan fingerprint density at radius 2 is 1.94 bits per heavy atom. The highest BCUT2D eigenvalue weighted by atomic mass is 16.3. The largest absolute Gasteiger partial charge is 0.468 e. The zero-order valence-corrected chi connectivity index (χ0v) is 8.97. The highest BCUT2D eigenvalue weighted by Gasteiger charge is 2.09. The molecule has 0 fully saturated rings. The summed E-state index contributed by atoms with van der Waals surface area (Å²) in [6.45, 7) is 0.692. The number of hydrogen-bond acceptors (Lipinski definition) is 3. The number of hydrogen-bond donors (Lipinski definition) is 2. The number of benzene rings is 1. The van der Waals surface area contributed by atoms with Gasteiger partial charge in [-0.2, -0.15) is 0 Å². The first-order chi connectivity index (χ1) is 7.90. The zero-order valence-electron chi connectivity index (χ0n) is 8.97. The maximum absolute atomic E-state index is 9.31. The molecule has 1 heterocycles. The van der Waals surface area contributed by atoms with Crippen LogP contribution in [0.5, 0.6) is 0 Å². The van der Waals surface area contributed by atoms with E-state index in [0.717, 1.165) is 11.3 Å². The Morgan fingerprint density at radius 1 is 1.12 bits per heavy atom. The standard InChI is InChI=1S/C13H15NO2/c15-10-13(11-5-2-1-3-6-11)14-9-12-7-4-8-16-12/h1-8,13-15H,9-10H2/t13-/m1/s1. The molecule has 0 radical (unpaired) electrons. The molecule has 1 atom stereocenters. The molecule has 0 amide bonds. The minimum atomic E-state index is -0.0497. The Kier molecular flexibility index (Phi) is 3.75. The molecule has 0 saturated heterocycles. The van der Waals surface area contributed by atoms with E-state index in [4.69, 9.17) is 4.42 Å². The molecule has 2 N–H and O–H groups in total. The Balaban J connectivity index is 1.96. The molecule has 3 heteroatoms. The molecule has 0 aliphatic heterocycles. The summed E-state index contributed by atoms with van der Waals surface area (Å²) in [5, 5.41) is 12.6. The highest BCUT2D eigenvalue weighted by molar-refractivity contribution is 5.19. The van der Waals surface area contributed by atoms with Crippen LogP contribution in [0.1, 0.15) is 17.4 Å². The summed E-state index contributed by atoms with van der Waals surface area (Å²) in [5.41, 5.74) is 1.08. The molecule has 0 aliphatic carbocycles. The summed E-state index contributed by atoms with van der Waals surface area (Å²) in [4.78, 5) is 0. The number of rotatable bonds is 5. The van der Waals surface area contributed by atoms with Crippen molar-refractivity contribution >= 4 is 0 Å². The van der Waals surface area contributed by atoms with E-state index in [1.165, 1.54) is 0 Å². The average molecular weight is 217 g/mol. The van der Waals surface area contributed by atoms with Crippen LogP contribution in [0.2, 0.25) is 0 Å². The molecular weight excluding hydrogens is 202 g/mol. The molecule has 0 unspecified atom stereocenters. The Labute approximate surface area is 94.7 Å². The fourth-order valence-corrected chi connectivity index (χ4v) is 1.61. The van der Waals surface area contributed by atoms with Gasteiger partial charge in [0, 0.05) is 0 Å². The molecule has 1 aromatic carbocycles. The molecule has 0 bridgehead atoms. The molecule has 2 rings (SSSR count). The van der Waals surface area contributed by atoms with Crippen molar-refractivity contribution in [3.63, 3.8) is 0 Å². The Morgan fingerprint density at radius 3 is 2.56 bits per heavy atom. The second-order valence-electron chi connectivity index (χ2n) is 3.61. The van der Waals surface area contributed by atoms with Gasteiger partial charge >= 0.3 is 0 Å². The van der Waals surface area contributed by atoms with E-state index in [1.54, 1.807) is 6.26 Å². The second kappa shape index (κ2) is 5.49. The Bertz CT molecular complexity index is 397. The predicted molar refractivity (Wildman–Crippen MR) is 61.8 cm³/mol. The lowest BCUT2D eigenvalue weighted by Gasteiger charge is -2.15. The summed E-state index contributed by atoms with van der Waals surface area (Å²) < 4.78 is 5.22. The van der Waals surface area contributed by atoms with E-state index in [9.17, 15) is 5.11 Å². The van der Waals surface area contributed by atoms with Crippen LogP contribution in [0.25, 0.3) is 0 Å². The van der Waals surface area contributed by atoms with Crippen molar-refractivity contribution in [3.8, 4) is 0 Å². The van der Waals surface area contributed by atoms with Gasteiger partial charge in [-0.3, -0.25) is 0 Å². The minimum absolute atomic E-state index is 0.0497. The van der Waals surface area contributed by atoms with Crippen LogP contribution in [0.3, 0.4) is 0 Å². The topological polar surface area (TPSA) is 45.4 Å². The molecule has 16 heavy (non-hydrogen) atoms. The van der Waals surface area contributed by atoms with Crippen LogP contribution in [-0.2, 0) is 6.54 Å². The highest BCUT2D eigenvalue weighted by Crippen LogP contribution is 2.12. The molecule has 0 aliphatic rings. The van der Waals surface area contributed by atoms with Crippen LogP contribution in [0.15, 0.2) is 53.1 Å². The lowest BCUT2D eigenvalue weighted by atomic mass is 10.1. The van der Waals surface area contributed by atoms with Crippen molar-refractivity contribution in [2.75, 3.05) is 6.61 Å². The molecule has 84 valence electrons. The third-order valence-electron chi connectivity index (χ3n) is 2.49. The summed E-state index contributed by atoms with van der Waals surface area (Å²) in [6, 6.07) is 13.6. The first kappa shape index (κ1) is 10.9. The molecule has 0 saturated carbocycles. The van der Waals surface area contributed by atoms with Gasteiger partial charge in [0.15, 0.2) is 0 Å². The van der Waals surface area contributed by atoms with Crippen LogP contribution >= 0.6 is 0 Å². The molecule has 3 nitrogen and oxygen atoms in total. The van der Waals surface area contributed by atoms with Crippen molar-refractivity contribution in [3.05, 3.63) is 60.1 Å². The molecule has 0 spiro atoms. The van der Waals surface area contributed by atoms with Crippen LogP contribution in [0, 0.1) is 0 Å². The molecular formula is C13H15NO2. The first-order valence-corrected chi connectivity index (χ1v) is 5.31. The van der Waals surface area contributed by atoms with Gasteiger partial charge in [-0.15, -0.1) is 0 Å². The van der Waals surface area contributed by atoms with E-state index >= 15 is 0 Å². The minimum Gasteiger partial charge on any atom is -0.468 e. The summed E-state index contributed by atoms with van der Waals surface area (Å²) in [5.74, 6) is 0.870. The number of aliphatic hydroxyl groups excluding tert-OH is 1. The summed E-state index contributed by atoms with van der Waals surface area (Å²) in [6.07, 6.45) is 1.65.